The van der Waals surface area contributed by atoms with Gasteiger partial charge in [0.1, 0.15) is 0 Å². The summed E-state index contributed by atoms with van der Waals surface area (Å²) < 4.78 is 0. The lowest BCUT2D eigenvalue weighted by molar-refractivity contribution is -0.212. The number of nitrogens with zero attached hydrogens (tertiary/aromatic N) is 1. The number of rotatable bonds is 7. The zero-order valence-electron chi connectivity index (χ0n) is 29.3. The van der Waals surface area contributed by atoms with E-state index in [1.807, 2.05) is 0 Å². The highest BCUT2D eigenvalue weighted by molar-refractivity contribution is 7.99. The molecule has 0 aromatic heterocycles. The van der Waals surface area contributed by atoms with Gasteiger partial charge in [0.15, 0.2) is 0 Å². The number of nitrogens with one attached hydrogen (secondary N) is 1. The van der Waals surface area contributed by atoms with Crippen LogP contribution in [-0.4, -0.2) is 59.2 Å². The fraction of sp³-hybridized carbons (Fsp3) is 0.875. The van der Waals surface area contributed by atoms with Crippen LogP contribution in [0.5, 0.6) is 0 Å². The van der Waals surface area contributed by atoms with Gasteiger partial charge in [-0.1, -0.05) is 46.3 Å². The molecule has 0 spiro atoms. The minimum atomic E-state index is -0.616. The van der Waals surface area contributed by atoms with E-state index in [9.17, 15) is 9.90 Å². The molecule has 45 heavy (non-hydrogen) atoms. The number of carbonyl (C=O) groups is 1. The van der Waals surface area contributed by atoms with Crippen LogP contribution in [0, 0.1) is 51.8 Å². The van der Waals surface area contributed by atoms with Crippen molar-refractivity contribution >= 4 is 17.7 Å². The summed E-state index contributed by atoms with van der Waals surface area (Å²) in [6, 6.07) is 0. The minimum absolute atomic E-state index is 0.184. The Morgan fingerprint density at radius 2 is 1.73 bits per heavy atom. The van der Waals surface area contributed by atoms with Gasteiger partial charge in [0.2, 0.25) is 0 Å². The van der Waals surface area contributed by atoms with Crippen LogP contribution in [0.2, 0.25) is 0 Å². The van der Waals surface area contributed by atoms with Crippen molar-refractivity contribution in [1.82, 2.24) is 10.2 Å². The molecule has 0 radical (unpaired) electrons. The van der Waals surface area contributed by atoms with E-state index >= 15 is 0 Å². The second-order valence-corrected chi connectivity index (χ2v) is 18.9. The van der Waals surface area contributed by atoms with Gasteiger partial charge in [-0.3, -0.25) is 4.79 Å². The van der Waals surface area contributed by atoms with Gasteiger partial charge in [0, 0.05) is 23.9 Å². The van der Waals surface area contributed by atoms with Crippen molar-refractivity contribution in [1.29, 1.82) is 0 Å². The van der Waals surface area contributed by atoms with Gasteiger partial charge in [0.05, 0.1) is 5.92 Å². The number of carboxylic acid groups (broad SMARTS) is 1. The number of aliphatic carboxylic acids is 1. The SMILES string of the molecule is CSC1CCN(CCNC23CCC[C@@H]2C2CCC4C5(C)CC=C(C6=CCC(C(=O)O)CC6)C(C)C5CCC4(C)[C@]2(C)CC3)CC1. The molecular weight excluding hydrogens is 573 g/mol. The molecule has 2 N–H and O–H groups in total. The van der Waals surface area contributed by atoms with Crippen LogP contribution in [-0.2, 0) is 4.79 Å². The van der Waals surface area contributed by atoms with E-state index in [0.29, 0.717) is 34.1 Å². The largest absolute Gasteiger partial charge is 0.481 e. The van der Waals surface area contributed by atoms with E-state index in [2.05, 4.69) is 68.1 Å². The molecular formula is C40H64N2O2S. The summed E-state index contributed by atoms with van der Waals surface area (Å²) in [7, 11) is 0. The zero-order chi connectivity index (χ0) is 31.6. The predicted octanol–water partition coefficient (Wildman–Crippen LogP) is 8.97. The molecule has 252 valence electrons. The third-order valence-corrected chi connectivity index (χ3v) is 17.6. The van der Waals surface area contributed by atoms with Crippen molar-refractivity contribution in [2.45, 2.75) is 135 Å². The molecule has 0 aromatic carbocycles. The van der Waals surface area contributed by atoms with Crippen molar-refractivity contribution in [3.8, 4) is 0 Å². The fourth-order valence-corrected chi connectivity index (χ4v) is 14.4. The van der Waals surface area contributed by atoms with Crippen molar-refractivity contribution in [2.24, 2.45) is 51.8 Å². The van der Waals surface area contributed by atoms with E-state index in [-0.39, 0.29) is 5.92 Å². The first-order chi connectivity index (χ1) is 21.5. The summed E-state index contributed by atoms with van der Waals surface area (Å²) in [5.41, 5.74) is 4.73. The molecule has 6 aliphatic carbocycles. The third-order valence-electron chi connectivity index (χ3n) is 16.5. The molecule has 10 atom stereocenters. The first kappa shape index (κ1) is 32.8. The maximum absolute atomic E-state index is 11.6. The molecule has 1 aliphatic heterocycles. The molecule has 7 rings (SSSR count). The van der Waals surface area contributed by atoms with E-state index in [1.54, 1.807) is 5.57 Å². The lowest BCUT2D eigenvalue weighted by Gasteiger charge is -2.71. The summed E-state index contributed by atoms with van der Waals surface area (Å²) in [4.78, 5) is 14.3. The summed E-state index contributed by atoms with van der Waals surface area (Å²) >= 11 is 2.07. The molecule has 8 unspecified atom stereocenters. The molecule has 4 nitrogen and oxygen atoms in total. The first-order valence-electron chi connectivity index (χ1n) is 19.2. The number of hydrogen-bond acceptors (Lipinski definition) is 4. The Labute approximate surface area is 279 Å². The Hall–Kier alpha value is -0.780. The number of allylic oxidation sites excluding steroid dienone is 4. The number of likely N-dealkylation sites (tertiary alicyclic amines) is 1. The van der Waals surface area contributed by atoms with Crippen molar-refractivity contribution in [2.75, 3.05) is 32.4 Å². The molecule has 5 fully saturated rings. The fourth-order valence-electron chi connectivity index (χ4n) is 13.7. The van der Waals surface area contributed by atoms with Crippen LogP contribution in [0.1, 0.15) is 124 Å². The topological polar surface area (TPSA) is 52.6 Å². The highest BCUT2D eigenvalue weighted by Gasteiger charge is 2.68. The molecule has 5 heteroatoms. The van der Waals surface area contributed by atoms with Crippen molar-refractivity contribution in [3.05, 3.63) is 23.3 Å². The van der Waals surface area contributed by atoms with Gasteiger partial charge in [-0.15, -0.1) is 0 Å². The number of thioether (sulfide) groups is 1. The molecule has 1 heterocycles. The summed E-state index contributed by atoms with van der Waals surface area (Å²) in [5.74, 6) is 3.11. The van der Waals surface area contributed by atoms with Crippen LogP contribution < -0.4 is 5.32 Å². The Bertz CT molecular complexity index is 1190. The number of hydrogen-bond donors (Lipinski definition) is 2. The second kappa shape index (κ2) is 12.3. The van der Waals surface area contributed by atoms with E-state index in [4.69, 9.17) is 0 Å². The zero-order valence-corrected chi connectivity index (χ0v) is 30.2. The summed E-state index contributed by atoms with van der Waals surface area (Å²) in [6.07, 6.45) is 26.4. The number of carboxylic acids is 1. The summed E-state index contributed by atoms with van der Waals surface area (Å²) in [6.45, 7) is 15.8. The van der Waals surface area contributed by atoms with E-state index in [0.717, 1.165) is 41.8 Å². The van der Waals surface area contributed by atoms with Gasteiger partial charge in [-0.25, -0.2) is 0 Å². The molecule has 0 bridgehead atoms. The lowest BCUT2D eigenvalue weighted by Crippen LogP contribution is -2.67. The normalized spacial score (nSPS) is 47.1. The Balaban J connectivity index is 1.06. The number of fused-ring (bicyclic) bond motifs is 7. The summed E-state index contributed by atoms with van der Waals surface area (Å²) in [5, 5.41) is 14.7. The first-order valence-corrected chi connectivity index (χ1v) is 20.5. The maximum atomic E-state index is 11.6. The Morgan fingerprint density at radius 1 is 0.933 bits per heavy atom. The molecule has 7 aliphatic rings. The highest BCUT2D eigenvalue weighted by Crippen LogP contribution is 2.75. The van der Waals surface area contributed by atoms with Crippen LogP contribution in [0.4, 0.5) is 0 Å². The molecule has 1 saturated heterocycles. The Morgan fingerprint density at radius 3 is 2.44 bits per heavy atom. The standard InChI is InChI=1S/C40H64N2O2S/c1-27-31(28-8-10-29(11-9-28)36(43)44)14-19-37(2)32(27)15-20-39(4)35(37)13-12-33-34-7-6-18-40(34,22-21-38(33,39)3)41-23-26-42-24-16-30(45-5)17-25-42/h8,14,27,29-30,32-35,41H,6-7,9-13,15-26H2,1-5H3,(H,43,44)/t27?,29?,32?,33?,34-,35?,37?,38-,39?,40?/m1/s1. The van der Waals surface area contributed by atoms with Crippen molar-refractivity contribution < 1.29 is 9.90 Å². The van der Waals surface area contributed by atoms with Gasteiger partial charge in [-0.2, -0.15) is 11.8 Å². The average molecular weight is 637 g/mol. The molecule has 0 amide bonds. The van der Waals surface area contributed by atoms with E-state index in [1.165, 1.54) is 109 Å². The van der Waals surface area contributed by atoms with Gasteiger partial charge in [0.25, 0.3) is 0 Å². The van der Waals surface area contributed by atoms with Gasteiger partial charge >= 0.3 is 5.97 Å². The van der Waals surface area contributed by atoms with Gasteiger partial charge in [-0.05, 0) is 166 Å². The number of piperidine rings is 1. The lowest BCUT2D eigenvalue weighted by atomic mass is 9.34. The quantitative estimate of drug-likeness (QED) is 0.292. The Kier molecular flexibility index (Phi) is 8.93. The van der Waals surface area contributed by atoms with E-state index < -0.39 is 5.97 Å². The molecule has 4 saturated carbocycles. The third kappa shape index (κ3) is 5.25. The van der Waals surface area contributed by atoms with Crippen LogP contribution in [0.15, 0.2) is 23.3 Å². The van der Waals surface area contributed by atoms with Gasteiger partial charge < -0.3 is 15.3 Å². The maximum Gasteiger partial charge on any atom is 0.306 e. The minimum Gasteiger partial charge on any atom is -0.481 e. The molecule has 0 aromatic rings. The van der Waals surface area contributed by atoms with Crippen LogP contribution in [0.25, 0.3) is 0 Å². The van der Waals surface area contributed by atoms with Crippen molar-refractivity contribution in [3.63, 3.8) is 0 Å². The van der Waals surface area contributed by atoms with Crippen LogP contribution >= 0.6 is 11.8 Å². The van der Waals surface area contributed by atoms with Crippen LogP contribution in [0.3, 0.4) is 0 Å². The monoisotopic (exact) mass is 636 g/mol. The highest BCUT2D eigenvalue weighted by atomic mass is 32.2. The second-order valence-electron chi connectivity index (χ2n) is 17.8. The smallest absolute Gasteiger partial charge is 0.306 e. The predicted molar refractivity (Wildman–Crippen MR) is 188 cm³/mol. The average Bonchev–Trinajstić information content (AvgIpc) is 3.46.